The Kier molecular flexibility index (Phi) is 2.16. The Morgan fingerprint density at radius 3 is 2.53 bits per heavy atom. The van der Waals surface area contributed by atoms with E-state index >= 15 is 0 Å². The van der Waals surface area contributed by atoms with Crippen molar-refractivity contribution in [2.45, 2.75) is 6.18 Å². The van der Waals surface area contributed by atoms with Gasteiger partial charge in [0.05, 0.1) is 11.6 Å². The quantitative estimate of drug-likeness (QED) is 0.671. The predicted molar refractivity (Wildman–Crippen MR) is 51.5 cm³/mol. The summed E-state index contributed by atoms with van der Waals surface area (Å²) in [6.07, 6.45) is -4.31. The molecular weight excluding hydrogens is 223 g/mol. The summed E-state index contributed by atoms with van der Waals surface area (Å²) < 4.78 is 37.6. The molecule has 0 atom stereocenters. The van der Waals surface area contributed by atoms with Gasteiger partial charge in [-0.2, -0.15) is 18.4 Å². The van der Waals surface area contributed by atoms with Gasteiger partial charge in [-0.05, 0) is 29.7 Å². The Balaban J connectivity index is 2.62. The number of rotatable bonds is 0. The van der Waals surface area contributed by atoms with Crippen LogP contribution < -0.4 is 0 Å². The lowest BCUT2D eigenvalue weighted by Crippen LogP contribution is -2.00. The van der Waals surface area contributed by atoms with Gasteiger partial charge in [0.15, 0.2) is 0 Å². The molecule has 2 aromatic rings. The Bertz CT molecular complexity index is 548. The lowest BCUT2D eigenvalue weighted by atomic mass is 10.2. The summed E-state index contributed by atoms with van der Waals surface area (Å²) in [6.45, 7) is 0. The van der Waals surface area contributed by atoms with Crippen molar-refractivity contribution in [3.63, 3.8) is 0 Å². The maximum absolute atomic E-state index is 12.4. The minimum absolute atomic E-state index is 0.369. The number of halogens is 3. The van der Waals surface area contributed by atoms with Crippen molar-refractivity contribution in [1.29, 1.82) is 5.26 Å². The highest BCUT2D eigenvalue weighted by atomic mass is 32.1. The molecule has 0 aliphatic carbocycles. The Labute approximate surface area is 87.4 Å². The van der Waals surface area contributed by atoms with Crippen molar-refractivity contribution < 1.29 is 13.2 Å². The van der Waals surface area contributed by atoms with Crippen LogP contribution in [0.1, 0.15) is 10.4 Å². The van der Waals surface area contributed by atoms with Crippen molar-refractivity contribution in [3.05, 3.63) is 34.7 Å². The fourth-order valence-corrected chi connectivity index (χ4v) is 2.16. The van der Waals surface area contributed by atoms with Crippen LogP contribution in [0.15, 0.2) is 24.3 Å². The highest BCUT2D eigenvalue weighted by molar-refractivity contribution is 7.19. The molecule has 5 heteroatoms. The SMILES string of the molecule is N#Cc1ccc2sc(C(F)(F)F)cc2c1. The number of thiophene rings is 1. The monoisotopic (exact) mass is 227 g/mol. The molecule has 0 bridgehead atoms. The normalized spacial score (nSPS) is 11.6. The minimum Gasteiger partial charge on any atom is -0.192 e. The molecule has 1 aromatic carbocycles. The maximum atomic E-state index is 12.4. The van der Waals surface area contributed by atoms with Gasteiger partial charge in [0.1, 0.15) is 4.88 Å². The molecule has 1 aromatic heterocycles. The number of nitriles is 1. The molecule has 0 radical (unpaired) electrons. The van der Waals surface area contributed by atoms with E-state index in [0.29, 0.717) is 27.0 Å². The first-order valence-electron chi connectivity index (χ1n) is 4.01. The van der Waals surface area contributed by atoms with Crippen molar-refractivity contribution in [1.82, 2.24) is 0 Å². The standard InChI is InChI=1S/C10H4F3NS/c11-10(12,13)9-4-7-3-6(5-14)1-2-8(7)15-9/h1-4H. The van der Waals surface area contributed by atoms with Crippen molar-refractivity contribution >= 4 is 21.4 Å². The summed E-state index contributed by atoms with van der Waals surface area (Å²) in [7, 11) is 0. The largest absolute Gasteiger partial charge is 0.425 e. The van der Waals surface area contributed by atoms with Crippen molar-refractivity contribution in [2.75, 3.05) is 0 Å². The van der Waals surface area contributed by atoms with Gasteiger partial charge < -0.3 is 0 Å². The lowest BCUT2D eigenvalue weighted by molar-refractivity contribution is -0.134. The van der Waals surface area contributed by atoms with Gasteiger partial charge in [0, 0.05) is 4.70 Å². The van der Waals surface area contributed by atoms with Gasteiger partial charge in [-0.25, -0.2) is 0 Å². The summed E-state index contributed by atoms with van der Waals surface area (Å²) >= 11 is 0.689. The molecule has 1 heterocycles. The second kappa shape index (κ2) is 3.24. The Morgan fingerprint density at radius 1 is 1.20 bits per heavy atom. The third kappa shape index (κ3) is 1.81. The third-order valence-electron chi connectivity index (χ3n) is 1.92. The molecule has 1 nitrogen and oxygen atoms in total. The summed E-state index contributed by atoms with van der Waals surface area (Å²) in [5, 5.41) is 9.06. The molecule has 0 fully saturated rings. The van der Waals surface area contributed by atoms with E-state index in [1.165, 1.54) is 18.2 Å². The Hall–Kier alpha value is -1.54. The van der Waals surface area contributed by atoms with Crippen LogP contribution in [-0.4, -0.2) is 0 Å². The third-order valence-corrected chi connectivity index (χ3v) is 3.09. The molecule has 0 saturated carbocycles. The molecule has 0 unspecified atom stereocenters. The van der Waals surface area contributed by atoms with Crippen LogP contribution in [0.2, 0.25) is 0 Å². The second-order valence-corrected chi connectivity index (χ2v) is 4.06. The van der Waals surface area contributed by atoms with Crippen LogP contribution in [0.25, 0.3) is 10.1 Å². The Morgan fingerprint density at radius 2 is 1.93 bits per heavy atom. The number of alkyl halides is 3. The van der Waals surface area contributed by atoms with Crippen LogP contribution in [0.4, 0.5) is 13.2 Å². The van der Waals surface area contributed by atoms with Gasteiger partial charge >= 0.3 is 6.18 Å². The summed E-state index contributed by atoms with van der Waals surface area (Å²) in [6, 6.07) is 7.47. The molecule has 0 N–H and O–H groups in total. The van der Waals surface area contributed by atoms with Gasteiger partial charge in [0.2, 0.25) is 0 Å². The van der Waals surface area contributed by atoms with Crippen LogP contribution in [0.3, 0.4) is 0 Å². The molecule has 15 heavy (non-hydrogen) atoms. The zero-order valence-electron chi connectivity index (χ0n) is 7.30. The van der Waals surface area contributed by atoms with Crippen LogP contribution >= 0.6 is 11.3 Å². The zero-order valence-corrected chi connectivity index (χ0v) is 8.12. The number of benzene rings is 1. The summed E-state index contributed by atoms with van der Waals surface area (Å²) in [5.74, 6) is 0. The molecule has 0 aliphatic heterocycles. The van der Waals surface area contributed by atoms with Gasteiger partial charge in [-0.15, -0.1) is 11.3 Å². The molecular formula is C10H4F3NS. The summed E-state index contributed by atoms with van der Waals surface area (Å²) in [5.41, 5.74) is 0.369. The van der Waals surface area contributed by atoms with E-state index in [0.717, 1.165) is 6.07 Å². The number of nitrogens with zero attached hydrogens (tertiary/aromatic N) is 1. The second-order valence-electron chi connectivity index (χ2n) is 2.97. The molecule has 0 saturated heterocycles. The van der Waals surface area contributed by atoms with Crippen molar-refractivity contribution in [2.24, 2.45) is 0 Å². The highest BCUT2D eigenvalue weighted by Gasteiger charge is 2.32. The van der Waals surface area contributed by atoms with Gasteiger partial charge in [0.25, 0.3) is 0 Å². The van der Waals surface area contributed by atoms with E-state index in [1.807, 2.05) is 6.07 Å². The minimum atomic E-state index is -4.31. The topological polar surface area (TPSA) is 23.8 Å². The molecule has 0 spiro atoms. The molecule has 0 amide bonds. The van der Waals surface area contributed by atoms with E-state index in [-0.39, 0.29) is 0 Å². The molecule has 2 rings (SSSR count). The predicted octanol–water partition coefficient (Wildman–Crippen LogP) is 3.79. The van der Waals surface area contributed by atoms with Gasteiger partial charge in [-0.3, -0.25) is 0 Å². The van der Waals surface area contributed by atoms with Crippen molar-refractivity contribution in [3.8, 4) is 6.07 Å². The number of hydrogen-bond acceptors (Lipinski definition) is 2. The van der Waals surface area contributed by atoms with E-state index in [4.69, 9.17) is 5.26 Å². The van der Waals surface area contributed by atoms with E-state index in [2.05, 4.69) is 0 Å². The average Bonchev–Trinajstić information content (AvgIpc) is 2.59. The molecule has 0 aliphatic rings. The van der Waals surface area contributed by atoms with Crippen LogP contribution in [-0.2, 0) is 6.18 Å². The number of fused-ring (bicyclic) bond motifs is 1. The summed E-state index contributed by atoms with van der Waals surface area (Å²) in [4.78, 5) is -0.632. The first-order chi connectivity index (χ1) is 7.00. The van der Waals surface area contributed by atoms with Crippen LogP contribution in [0.5, 0.6) is 0 Å². The van der Waals surface area contributed by atoms with E-state index in [9.17, 15) is 13.2 Å². The first kappa shape index (κ1) is 9.99. The smallest absolute Gasteiger partial charge is 0.192 e. The molecule has 76 valence electrons. The zero-order chi connectivity index (χ0) is 11.1. The average molecular weight is 227 g/mol. The maximum Gasteiger partial charge on any atom is 0.425 e. The highest BCUT2D eigenvalue weighted by Crippen LogP contribution is 2.38. The first-order valence-corrected chi connectivity index (χ1v) is 4.83. The van der Waals surface area contributed by atoms with E-state index < -0.39 is 11.1 Å². The van der Waals surface area contributed by atoms with Gasteiger partial charge in [-0.1, -0.05) is 0 Å². The fourth-order valence-electron chi connectivity index (χ4n) is 1.25. The fraction of sp³-hybridized carbons (Fsp3) is 0.100. The lowest BCUT2D eigenvalue weighted by Gasteiger charge is -1.99. The number of hydrogen-bond donors (Lipinski definition) is 0. The van der Waals surface area contributed by atoms with Crippen LogP contribution in [0, 0.1) is 11.3 Å². The van der Waals surface area contributed by atoms with E-state index in [1.54, 1.807) is 0 Å².